The highest BCUT2D eigenvalue weighted by molar-refractivity contribution is 5.96. The predicted molar refractivity (Wildman–Crippen MR) is 80.8 cm³/mol. The number of rotatable bonds is 2. The average Bonchev–Trinajstić information content (AvgIpc) is 2.84. The zero-order chi connectivity index (χ0) is 15.9. The molecule has 1 amide bonds. The second-order valence-corrected chi connectivity index (χ2v) is 6.48. The van der Waals surface area contributed by atoms with Crippen LogP contribution in [0.4, 0.5) is 0 Å². The third-order valence-electron chi connectivity index (χ3n) is 4.92. The Bertz CT molecular complexity index is 613. The third-order valence-corrected chi connectivity index (χ3v) is 4.92. The molecule has 0 spiro atoms. The Labute approximate surface area is 128 Å². The Balaban J connectivity index is 1.75. The van der Waals surface area contributed by atoms with Crippen molar-refractivity contribution >= 4 is 5.91 Å². The van der Waals surface area contributed by atoms with E-state index < -0.39 is 11.7 Å². The Morgan fingerprint density at radius 2 is 2.00 bits per heavy atom. The first-order chi connectivity index (χ1) is 10.5. The standard InChI is InChI=1S/C16H22N2O4/c1-8-3-14(20)22-9(2)15(8)16(21)18-12-4-10-6-17-7-11(10)5-13(12)19/h3,10-13,17,19H,4-7H2,1-2H3,(H,18,21)/t10-,11+,12-,13-/m0/s1. The summed E-state index contributed by atoms with van der Waals surface area (Å²) in [6.45, 7) is 5.22. The van der Waals surface area contributed by atoms with Gasteiger partial charge in [0, 0.05) is 6.07 Å². The van der Waals surface area contributed by atoms with Crippen molar-refractivity contribution in [2.45, 2.75) is 38.8 Å². The molecule has 1 saturated carbocycles. The molecule has 6 heteroatoms. The van der Waals surface area contributed by atoms with Gasteiger partial charge in [-0.3, -0.25) is 4.79 Å². The maximum atomic E-state index is 12.5. The molecule has 0 bridgehead atoms. The van der Waals surface area contributed by atoms with Crippen LogP contribution in [0.3, 0.4) is 0 Å². The van der Waals surface area contributed by atoms with Crippen molar-refractivity contribution in [3.63, 3.8) is 0 Å². The van der Waals surface area contributed by atoms with Crippen LogP contribution in [-0.2, 0) is 0 Å². The fourth-order valence-electron chi connectivity index (χ4n) is 3.79. The molecular weight excluding hydrogens is 284 g/mol. The zero-order valence-electron chi connectivity index (χ0n) is 12.9. The van der Waals surface area contributed by atoms with Gasteiger partial charge >= 0.3 is 5.63 Å². The number of hydrogen-bond donors (Lipinski definition) is 3. The highest BCUT2D eigenvalue weighted by atomic mass is 16.4. The fourth-order valence-corrected chi connectivity index (χ4v) is 3.79. The van der Waals surface area contributed by atoms with Crippen molar-refractivity contribution in [1.82, 2.24) is 10.6 Å². The van der Waals surface area contributed by atoms with Crippen LogP contribution in [0.5, 0.6) is 0 Å². The number of aryl methyl sites for hydroxylation is 2. The van der Waals surface area contributed by atoms with Gasteiger partial charge in [-0.25, -0.2) is 4.79 Å². The molecule has 2 heterocycles. The molecule has 22 heavy (non-hydrogen) atoms. The van der Waals surface area contributed by atoms with Crippen molar-refractivity contribution in [3.05, 3.63) is 33.4 Å². The molecule has 0 aromatic carbocycles. The molecule has 1 aromatic heterocycles. The summed E-state index contributed by atoms with van der Waals surface area (Å²) in [7, 11) is 0. The van der Waals surface area contributed by atoms with E-state index in [1.165, 1.54) is 6.07 Å². The normalized spacial score (nSPS) is 30.9. The van der Waals surface area contributed by atoms with E-state index in [0.717, 1.165) is 19.5 Å². The molecule has 3 N–H and O–H groups in total. The fraction of sp³-hybridized carbons (Fsp3) is 0.625. The minimum Gasteiger partial charge on any atom is -0.427 e. The summed E-state index contributed by atoms with van der Waals surface area (Å²) in [5.74, 6) is 1.03. The van der Waals surface area contributed by atoms with Gasteiger partial charge < -0.3 is 20.2 Å². The highest BCUT2D eigenvalue weighted by Gasteiger charge is 2.39. The van der Waals surface area contributed by atoms with Crippen LogP contribution in [0.2, 0.25) is 0 Å². The molecule has 1 saturated heterocycles. The molecule has 120 valence electrons. The molecule has 2 fully saturated rings. The first kappa shape index (κ1) is 15.2. The summed E-state index contributed by atoms with van der Waals surface area (Å²) in [6, 6.07) is 1.07. The van der Waals surface area contributed by atoms with E-state index in [2.05, 4.69) is 10.6 Å². The van der Waals surface area contributed by atoms with Gasteiger partial charge in [0.25, 0.3) is 5.91 Å². The summed E-state index contributed by atoms with van der Waals surface area (Å²) in [4.78, 5) is 23.8. The first-order valence-corrected chi connectivity index (χ1v) is 7.76. The molecular formula is C16H22N2O4. The largest absolute Gasteiger partial charge is 0.427 e. The Kier molecular flexibility index (Phi) is 4.06. The molecule has 1 aliphatic carbocycles. The Morgan fingerprint density at radius 1 is 1.32 bits per heavy atom. The minimum atomic E-state index is -0.526. The molecule has 1 aromatic rings. The van der Waals surface area contributed by atoms with Crippen molar-refractivity contribution in [2.24, 2.45) is 11.8 Å². The van der Waals surface area contributed by atoms with E-state index in [-0.39, 0.29) is 11.9 Å². The summed E-state index contributed by atoms with van der Waals surface area (Å²) in [5.41, 5.74) is 0.527. The lowest BCUT2D eigenvalue weighted by atomic mass is 9.77. The van der Waals surface area contributed by atoms with E-state index in [1.807, 2.05) is 0 Å². The smallest absolute Gasteiger partial charge is 0.336 e. The molecule has 6 nitrogen and oxygen atoms in total. The van der Waals surface area contributed by atoms with Crippen LogP contribution < -0.4 is 16.3 Å². The third kappa shape index (κ3) is 2.80. The van der Waals surface area contributed by atoms with Crippen molar-refractivity contribution in [3.8, 4) is 0 Å². The van der Waals surface area contributed by atoms with Crippen LogP contribution in [0.25, 0.3) is 0 Å². The summed E-state index contributed by atoms with van der Waals surface area (Å²) < 4.78 is 5.01. The number of nitrogens with one attached hydrogen (secondary N) is 2. The van der Waals surface area contributed by atoms with Crippen LogP contribution in [0.15, 0.2) is 15.3 Å². The molecule has 0 radical (unpaired) electrons. The number of carbonyl (C=O) groups is 1. The Hall–Kier alpha value is -1.66. The number of hydrogen-bond acceptors (Lipinski definition) is 5. The maximum absolute atomic E-state index is 12.5. The summed E-state index contributed by atoms with van der Waals surface area (Å²) in [5, 5.41) is 16.5. The maximum Gasteiger partial charge on any atom is 0.336 e. The molecule has 1 aliphatic heterocycles. The molecule has 3 rings (SSSR count). The van der Waals surface area contributed by atoms with Gasteiger partial charge in [-0.15, -0.1) is 0 Å². The van der Waals surface area contributed by atoms with Crippen LogP contribution in [0, 0.1) is 25.7 Å². The summed E-state index contributed by atoms with van der Waals surface area (Å²) in [6.07, 6.45) is 0.964. The van der Waals surface area contributed by atoms with Gasteiger partial charge in [-0.05, 0) is 57.2 Å². The van der Waals surface area contributed by atoms with Crippen molar-refractivity contribution in [1.29, 1.82) is 0 Å². The Morgan fingerprint density at radius 3 is 2.68 bits per heavy atom. The number of aliphatic hydroxyl groups is 1. The lowest BCUT2D eigenvalue weighted by molar-refractivity contribution is 0.0460. The van der Waals surface area contributed by atoms with E-state index in [1.54, 1.807) is 13.8 Å². The van der Waals surface area contributed by atoms with Gasteiger partial charge in [0.15, 0.2) is 0 Å². The number of amides is 1. The van der Waals surface area contributed by atoms with Gasteiger partial charge in [0.2, 0.25) is 0 Å². The van der Waals surface area contributed by atoms with E-state index >= 15 is 0 Å². The van der Waals surface area contributed by atoms with Gasteiger partial charge in [0.1, 0.15) is 5.76 Å². The van der Waals surface area contributed by atoms with Crippen molar-refractivity contribution < 1.29 is 14.3 Å². The highest BCUT2D eigenvalue weighted by Crippen LogP contribution is 2.33. The topological polar surface area (TPSA) is 91.6 Å². The number of aliphatic hydroxyl groups excluding tert-OH is 1. The number of fused-ring (bicyclic) bond motifs is 1. The molecule has 4 atom stereocenters. The lowest BCUT2D eigenvalue weighted by Gasteiger charge is -2.35. The quantitative estimate of drug-likeness (QED) is 0.733. The SMILES string of the molecule is Cc1cc(=O)oc(C)c1C(=O)N[C@H]1C[C@H]2CNC[C@H]2C[C@@H]1O. The van der Waals surface area contributed by atoms with E-state index in [0.29, 0.717) is 35.1 Å². The first-order valence-electron chi connectivity index (χ1n) is 7.76. The lowest BCUT2D eigenvalue weighted by Crippen LogP contribution is -2.49. The second kappa shape index (κ2) is 5.85. The van der Waals surface area contributed by atoms with Crippen LogP contribution in [-0.4, -0.2) is 36.2 Å². The van der Waals surface area contributed by atoms with Gasteiger partial charge in [-0.2, -0.15) is 0 Å². The van der Waals surface area contributed by atoms with Gasteiger partial charge in [-0.1, -0.05) is 0 Å². The minimum absolute atomic E-state index is 0.251. The monoisotopic (exact) mass is 306 g/mol. The van der Waals surface area contributed by atoms with Crippen LogP contribution in [0.1, 0.15) is 34.5 Å². The average molecular weight is 306 g/mol. The second-order valence-electron chi connectivity index (χ2n) is 6.48. The van der Waals surface area contributed by atoms with E-state index in [9.17, 15) is 14.7 Å². The summed E-state index contributed by atoms with van der Waals surface area (Å²) >= 11 is 0. The van der Waals surface area contributed by atoms with E-state index in [4.69, 9.17) is 4.42 Å². The van der Waals surface area contributed by atoms with Crippen LogP contribution >= 0.6 is 0 Å². The van der Waals surface area contributed by atoms with Crippen molar-refractivity contribution in [2.75, 3.05) is 13.1 Å². The predicted octanol–water partition coefficient (Wildman–Crippen LogP) is 0.345. The molecule has 0 unspecified atom stereocenters. The molecule has 2 aliphatic rings. The number of carbonyl (C=O) groups excluding carboxylic acids is 1. The van der Waals surface area contributed by atoms with Gasteiger partial charge in [0.05, 0.1) is 17.7 Å². The zero-order valence-corrected chi connectivity index (χ0v) is 12.9.